The third-order valence-corrected chi connectivity index (χ3v) is 0.812. The molecule has 0 heterocycles. The van der Waals surface area contributed by atoms with Crippen LogP contribution in [0.15, 0.2) is 5.29 Å². The van der Waals surface area contributed by atoms with Crippen molar-refractivity contribution in [3.8, 4) is 0 Å². The van der Waals surface area contributed by atoms with Crippen LogP contribution in [-0.2, 0) is 0 Å². The van der Waals surface area contributed by atoms with Crippen molar-refractivity contribution in [2.24, 2.45) is 11.0 Å². The number of nitrogens with two attached hydrogens (primary N) is 1. The molecule has 0 amide bonds. The molecule has 0 aliphatic carbocycles. The van der Waals surface area contributed by atoms with Crippen molar-refractivity contribution in [3.63, 3.8) is 0 Å². The fourth-order valence-electron chi connectivity index (χ4n) is 0.417. The highest BCUT2D eigenvalue weighted by molar-refractivity contribution is 5.74. The van der Waals surface area contributed by atoms with Crippen molar-refractivity contribution < 1.29 is 0 Å². The fraction of sp³-hybridized carbons (Fsp3) is 0.750. The highest BCUT2D eigenvalue weighted by Gasteiger charge is 2.01. The molecule has 0 rings (SSSR count). The highest BCUT2D eigenvalue weighted by Crippen LogP contribution is 1.88. The highest BCUT2D eigenvalue weighted by atomic mass is 16.3. The monoisotopic (exact) mass is 130 g/mol. The number of rotatable bonds is 3. The van der Waals surface area contributed by atoms with Crippen LogP contribution in [0.1, 0.15) is 13.3 Å². The van der Waals surface area contributed by atoms with Crippen LogP contribution in [0, 0.1) is 10.3 Å². The van der Waals surface area contributed by atoms with Gasteiger partial charge in [-0.2, -0.15) is 5.01 Å². The van der Waals surface area contributed by atoms with Crippen molar-refractivity contribution in [3.05, 3.63) is 4.91 Å². The average Bonchev–Trinajstić information content (AvgIpc) is 1.82. The van der Waals surface area contributed by atoms with E-state index >= 15 is 0 Å². The van der Waals surface area contributed by atoms with E-state index in [2.05, 4.69) is 5.29 Å². The van der Waals surface area contributed by atoms with E-state index in [0.717, 1.165) is 11.4 Å². The Kier molecular flexibility index (Phi) is 3.34. The maximum atomic E-state index is 9.79. The lowest BCUT2D eigenvalue weighted by molar-refractivity contribution is 0.430. The molecule has 0 aromatic heterocycles. The molecule has 0 bridgehead atoms. The van der Waals surface area contributed by atoms with E-state index in [1.165, 1.54) is 0 Å². The van der Waals surface area contributed by atoms with Gasteiger partial charge in [0.2, 0.25) is 5.96 Å². The van der Waals surface area contributed by atoms with E-state index in [-0.39, 0.29) is 5.96 Å². The third kappa shape index (κ3) is 2.63. The smallest absolute Gasteiger partial charge is 0.211 e. The van der Waals surface area contributed by atoms with Crippen LogP contribution in [0.5, 0.6) is 0 Å². The van der Waals surface area contributed by atoms with Crippen molar-refractivity contribution >= 4 is 5.96 Å². The molecule has 0 radical (unpaired) electrons. The molecule has 3 N–H and O–H groups in total. The second kappa shape index (κ2) is 3.82. The molecule has 0 unspecified atom stereocenters. The normalized spacial score (nSPS) is 8.56. The summed E-state index contributed by atoms with van der Waals surface area (Å²) in [6.45, 7) is 2.29. The fourth-order valence-corrected chi connectivity index (χ4v) is 0.417. The number of nitrogens with zero attached hydrogens (tertiary/aromatic N) is 2. The Balaban J connectivity index is 3.68. The second-order valence-electron chi connectivity index (χ2n) is 1.59. The summed E-state index contributed by atoms with van der Waals surface area (Å²) >= 11 is 0. The molecule has 0 aliphatic heterocycles. The molecule has 0 saturated carbocycles. The standard InChI is InChI=1S/C4H10N4O/c1-2-3-8(7-9)4(5)6/h2-3H2,1H3,(H3,5,6). The maximum Gasteiger partial charge on any atom is 0.211 e. The Labute approximate surface area is 53.3 Å². The van der Waals surface area contributed by atoms with Gasteiger partial charge in [-0.15, -0.1) is 4.91 Å². The molecule has 52 valence electrons. The summed E-state index contributed by atoms with van der Waals surface area (Å²) in [6.07, 6.45) is 0.755. The van der Waals surface area contributed by atoms with Gasteiger partial charge in [0, 0.05) is 6.54 Å². The van der Waals surface area contributed by atoms with Crippen molar-refractivity contribution in [1.29, 1.82) is 5.41 Å². The zero-order valence-corrected chi connectivity index (χ0v) is 5.29. The van der Waals surface area contributed by atoms with Gasteiger partial charge in [-0.3, -0.25) is 5.41 Å². The van der Waals surface area contributed by atoms with Gasteiger partial charge in [0.05, 0.1) is 5.29 Å². The van der Waals surface area contributed by atoms with Crippen molar-refractivity contribution in [2.45, 2.75) is 13.3 Å². The average molecular weight is 130 g/mol. The molecule has 9 heavy (non-hydrogen) atoms. The van der Waals surface area contributed by atoms with E-state index in [9.17, 15) is 4.91 Å². The summed E-state index contributed by atoms with van der Waals surface area (Å²) < 4.78 is 0. The van der Waals surface area contributed by atoms with Gasteiger partial charge in [0.1, 0.15) is 0 Å². The first-order valence-electron chi connectivity index (χ1n) is 2.67. The lowest BCUT2D eigenvalue weighted by atomic mass is 10.5. The molecular formula is C4H10N4O. The van der Waals surface area contributed by atoms with E-state index in [1.54, 1.807) is 0 Å². The summed E-state index contributed by atoms with van der Waals surface area (Å²) in [4.78, 5) is 9.79. The largest absolute Gasteiger partial charge is 0.368 e. The SMILES string of the molecule is CCCN(N=O)C(=N)N. The minimum Gasteiger partial charge on any atom is -0.368 e. The first-order chi connectivity index (χ1) is 4.22. The van der Waals surface area contributed by atoms with Crippen LogP contribution in [0.2, 0.25) is 0 Å². The van der Waals surface area contributed by atoms with E-state index in [4.69, 9.17) is 11.1 Å². The quantitative estimate of drug-likeness (QED) is 0.249. The van der Waals surface area contributed by atoms with Gasteiger partial charge < -0.3 is 5.73 Å². The summed E-state index contributed by atoms with van der Waals surface area (Å²) in [5.74, 6) is -0.299. The number of hydrogen-bond acceptors (Lipinski definition) is 3. The molecule has 0 aromatic rings. The zero-order chi connectivity index (χ0) is 7.28. The van der Waals surface area contributed by atoms with Gasteiger partial charge >= 0.3 is 0 Å². The van der Waals surface area contributed by atoms with E-state index in [0.29, 0.717) is 6.54 Å². The number of guanidine groups is 1. The third-order valence-electron chi connectivity index (χ3n) is 0.812. The predicted octanol–water partition coefficient (Wildman–Crippen LogP) is 0.273. The molecule has 0 spiro atoms. The van der Waals surface area contributed by atoms with E-state index < -0.39 is 0 Å². The lowest BCUT2D eigenvalue weighted by Gasteiger charge is -2.09. The Hall–Kier alpha value is -1.13. The van der Waals surface area contributed by atoms with Crippen LogP contribution in [-0.4, -0.2) is 17.5 Å². The van der Waals surface area contributed by atoms with Crippen LogP contribution < -0.4 is 5.73 Å². The van der Waals surface area contributed by atoms with Crippen molar-refractivity contribution in [2.75, 3.05) is 6.54 Å². The summed E-state index contributed by atoms with van der Waals surface area (Å²) in [5, 5.41) is 10.2. The first kappa shape index (κ1) is 7.87. The van der Waals surface area contributed by atoms with Crippen LogP contribution in [0.25, 0.3) is 0 Å². The lowest BCUT2D eigenvalue weighted by Crippen LogP contribution is -2.31. The van der Waals surface area contributed by atoms with Gasteiger partial charge in [-0.05, 0) is 6.42 Å². The van der Waals surface area contributed by atoms with Crippen LogP contribution >= 0.6 is 0 Å². The van der Waals surface area contributed by atoms with Gasteiger partial charge in [-0.1, -0.05) is 6.92 Å². The molecule has 0 aliphatic rings. The van der Waals surface area contributed by atoms with Gasteiger partial charge in [-0.25, -0.2) is 0 Å². The number of nitroso groups, excluding NO2 is 1. The summed E-state index contributed by atoms with van der Waals surface area (Å²) in [7, 11) is 0. The summed E-state index contributed by atoms with van der Waals surface area (Å²) in [6, 6.07) is 0. The number of hydrogen-bond donors (Lipinski definition) is 2. The second-order valence-corrected chi connectivity index (χ2v) is 1.59. The Morgan fingerprint density at radius 3 is 2.56 bits per heavy atom. The Morgan fingerprint density at radius 1 is 1.89 bits per heavy atom. The first-order valence-corrected chi connectivity index (χ1v) is 2.67. The topological polar surface area (TPSA) is 82.5 Å². The maximum absolute atomic E-state index is 9.79. The molecular weight excluding hydrogens is 120 g/mol. The molecule has 0 aromatic carbocycles. The van der Waals surface area contributed by atoms with Gasteiger partial charge in [0.15, 0.2) is 0 Å². The molecule has 0 atom stereocenters. The molecule has 0 fully saturated rings. The summed E-state index contributed by atoms with van der Waals surface area (Å²) in [5.41, 5.74) is 4.95. The predicted molar refractivity (Wildman–Crippen MR) is 34.7 cm³/mol. The minimum atomic E-state index is -0.299. The van der Waals surface area contributed by atoms with Crippen molar-refractivity contribution in [1.82, 2.24) is 5.01 Å². The molecule has 5 heteroatoms. The van der Waals surface area contributed by atoms with E-state index in [1.807, 2.05) is 6.92 Å². The molecule has 0 saturated heterocycles. The zero-order valence-electron chi connectivity index (χ0n) is 5.29. The Bertz CT molecular complexity index is 113. The molecule has 5 nitrogen and oxygen atoms in total. The minimum absolute atomic E-state index is 0.299. The van der Waals surface area contributed by atoms with Crippen LogP contribution in [0.3, 0.4) is 0 Å². The van der Waals surface area contributed by atoms with Gasteiger partial charge in [0.25, 0.3) is 0 Å². The Morgan fingerprint density at radius 2 is 2.44 bits per heavy atom. The van der Waals surface area contributed by atoms with Crippen LogP contribution in [0.4, 0.5) is 0 Å². The number of nitrogens with one attached hydrogen (secondary N) is 1.